The molecular weight excluding hydrogens is 482 g/mol. The molecule has 0 aliphatic heterocycles. The first-order chi connectivity index (χ1) is 16.8. The fourth-order valence-corrected chi connectivity index (χ4v) is 5.12. The van der Waals surface area contributed by atoms with Crippen molar-refractivity contribution in [3.63, 3.8) is 0 Å². The molecule has 1 N–H and O–H groups in total. The van der Waals surface area contributed by atoms with Crippen molar-refractivity contribution in [3.8, 4) is 0 Å². The number of benzene rings is 4. The van der Waals surface area contributed by atoms with Gasteiger partial charge < -0.3 is 0 Å². The molecule has 0 aliphatic carbocycles. The molecule has 0 unspecified atom stereocenters. The minimum Gasteiger partial charge on any atom is -0.272 e. The largest absolute Gasteiger partial charge is 0.272 e. The van der Waals surface area contributed by atoms with E-state index in [1.165, 1.54) is 24.3 Å². The van der Waals surface area contributed by atoms with Crippen molar-refractivity contribution in [1.82, 2.24) is 9.73 Å². The lowest BCUT2D eigenvalue weighted by atomic mass is 10.1. The second kappa shape index (κ2) is 10.8. The van der Waals surface area contributed by atoms with Crippen LogP contribution in [0, 0.1) is 6.92 Å². The summed E-state index contributed by atoms with van der Waals surface area (Å²) in [7, 11) is -3.97. The first kappa shape index (κ1) is 24.6. The normalized spacial score (nSPS) is 11.9. The second-order valence-corrected chi connectivity index (χ2v) is 10.4. The summed E-state index contributed by atoms with van der Waals surface area (Å²) in [6.45, 7) is 1.59. The summed E-state index contributed by atoms with van der Waals surface area (Å²) in [5, 5.41) is 6.55. The van der Waals surface area contributed by atoms with Gasteiger partial charge >= 0.3 is 0 Å². The van der Waals surface area contributed by atoms with E-state index in [-0.39, 0.29) is 11.4 Å². The number of nitrogens with one attached hydrogen (secondary N) is 1. The summed E-state index contributed by atoms with van der Waals surface area (Å²) >= 11 is 5.93. The van der Waals surface area contributed by atoms with Crippen LogP contribution in [-0.4, -0.2) is 31.4 Å². The quantitative estimate of drug-likeness (QED) is 0.266. The van der Waals surface area contributed by atoms with Crippen LogP contribution in [0.3, 0.4) is 0 Å². The van der Waals surface area contributed by atoms with Crippen LogP contribution < -0.4 is 5.43 Å². The summed E-state index contributed by atoms with van der Waals surface area (Å²) in [6, 6.07) is 27.0. The Hall–Kier alpha value is -3.52. The molecule has 4 aromatic carbocycles. The van der Waals surface area contributed by atoms with Crippen molar-refractivity contribution < 1.29 is 13.2 Å². The van der Waals surface area contributed by atoms with E-state index in [0.717, 1.165) is 31.8 Å². The summed E-state index contributed by atoms with van der Waals surface area (Å²) in [5.74, 6) is -0.550. The molecule has 0 aromatic heterocycles. The molecule has 0 fully saturated rings. The Morgan fingerprint density at radius 3 is 2.37 bits per heavy atom. The Morgan fingerprint density at radius 2 is 1.63 bits per heavy atom. The van der Waals surface area contributed by atoms with Crippen LogP contribution in [0.15, 0.2) is 101 Å². The molecule has 0 heterocycles. The van der Waals surface area contributed by atoms with Gasteiger partial charge in [-0.15, -0.1) is 0 Å². The zero-order valence-corrected chi connectivity index (χ0v) is 20.6. The zero-order chi connectivity index (χ0) is 24.8. The van der Waals surface area contributed by atoms with E-state index >= 15 is 0 Å². The number of carbonyl (C=O) groups excluding carboxylic acids is 1. The predicted molar refractivity (Wildman–Crippen MR) is 140 cm³/mol. The highest BCUT2D eigenvalue weighted by Gasteiger charge is 2.27. The molecule has 0 spiro atoms. The summed E-state index contributed by atoms with van der Waals surface area (Å²) < 4.78 is 27.8. The third-order valence-electron chi connectivity index (χ3n) is 5.47. The highest BCUT2D eigenvalue weighted by Crippen LogP contribution is 2.21. The average molecular weight is 506 g/mol. The van der Waals surface area contributed by atoms with Crippen LogP contribution in [0.25, 0.3) is 10.8 Å². The highest BCUT2D eigenvalue weighted by molar-refractivity contribution is 7.89. The number of rotatable bonds is 8. The number of fused-ring (bicyclic) bond motifs is 1. The molecule has 0 saturated heterocycles. The minimum absolute atomic E-state index is 0.0334. The third kappa shape index (κ3) is 6.14. The highest BCUT2D eigenvalue weighted by atomic mass is 35.5. The molecule has 4 aromatic rings. The fraction of sp³-hybridized carbons (Fsp3) is 0.111. The van der Waals surface area contributed by atoms with E-state index in [9.17, 15) is 13.2 Å². The zero-order valence-electron chi connectivity index (χ0n) is 19.1. The van der Waals surface area contributed by atoms with Gasteiger partial charge in [-0.3, -0.25) is 4.79 Å². The maximum absolute atomic E-state index is 13.4. The molecule has 35 heavy (non-hydrogen) atoms. The Kier molecular flexibility index (Phi) is 7.60. The molecule has 6 nitrogen and oxygen atoms in total. The van der Waals surface area contributed by atoms with Crippen LogP contribution in [-0.2, 0) is 21.4 Å². The number of sulfonamides is 1. The van der Waals surface area contributed by atoms with Crippen LogP contribution in [0.1, 0.15) is 16.7 Å². The molecule has 1 amide bonds. The van der Waals surface area contributed by atoms with Gasteiger partial charge in [-0.2, -0.15) is 9.41 Å². The van der Waals surface area contributed by atoms with Gasteiger partial charge in [0.25, 0.3) is 5.91 Å². The molecule has 178 valence electrons. The number of hydrazone groups is 1. The van der Waals surface area contributed by atoms with Crippen molar-refractivity contribution in [3.05, 3.63) is 113 Å². The number of carbonyl (C=O) groups is 1. The SMILES string of the molecule is Cc1ccc(CN(CC(=O)N/N=C\c2cccc3ccccc23)S(=O)(=O)c2ccc(Cl)cc2)cc1. The molecular formula is C27H24ClN3O3S. The topological polar surface area (TPSA) is 78.8 Å². The molecule has 0 aliphatic rings. The summed E-state index contributed by atoms with van der Waals surface area (Å²) in [6.07, 6.45) is 1.55. The van der Waals surface area contributed by atoms with Crippen LogP contribution >= 0.6 is 11.6 Å². The van der Waals surface area contributed by atoms with E-state index in [1.807, 2.05) is 73.7 Å². The smallest absolute Gasteiger partial charge is 0.255 e. The van der Waals surface area contributed by atoms with Gasteiger partial charge in [0.2, 0.25) is 10.0 Å². The predicted octanol–water partition coefficient (Wildman–Crippen LogP) is 5.14. The van der Waals surface area contributed by atoms with Gasteiger partial charge in [-0.05, 0) is 47.5 Å². The number of hydrogen-bond acceptors (Lipinski definition) is 4. The third-order valence-corrected chi connectivity index (χ3v) is 7.53. The number of halogens is 1. The van der Waals surface area contributed by atoms with E-state index in [1.54, 1.807) is 6.21 Å². The summed E-state index contributed by atoms with van der Waals surface area (Å²) in [4.78, 5) is 12.8. The lowest BCUT2D eigenvalue weighted by Gasteiger charge is -2.21. The molecule has 8 heteroatoms. The van der Waals surface area contributed by atoms with Gasteiger partial charge in [0.15, 0.2) is 0 Å². The van der Waals surface area contributed by atoms with Crippen LogP contribution in [0.5, 0.6) is 0 Å². The average Bonchev–Trinajstić information content (AvgIpc) is 2.85. The van der Waals surface area contributed by atoms with Crippen molar-refractivity contribution >= 4 is 44.5 Å². The van der Waals surface area contributed by atoms with Crippen molar-refractivity contribution in [1.29, 1.82) is 0 Å². The Morgan fingerprint density at radius 1 is 0.943 bits per heavy atom. The van der Waals surface area contributed by atoms with E-state index in [4.69, 9.17) is 11.6 Å². The van der Waals surface area contributed by atoms with Crippen molar-refractivity contribution in [2.75, 3.05) is 6.54 Å². The lowest BCUT2D eigenvalue weighted by molar-refractivity contribution is -0.121. The van der Waals surface area contributed by atoms with E-state index in [2.05, 4.69) is 10.5 Å². The Bertz CT molecular complexity index is 1460. The Labute approximate surface area is 209 Å². The minimum atomic E-state index is -3.97. The second-order valence-electron chi connectivity index (χ2n) is 8.07. The van der Waals surface area contributed by atoms with Gasteiger partial charge in [0, 0.05) is 17.1 Å². The Balaban J connectivity index is 1.53. The fourth-order valence-electron chi connectivity index (χ4n) is 3.61. The van der Waals surface area contributed by atoms with Gasteiger partial charge in [0.05, 0.1) is 17.7 Å². The molecule has 4 rings (SSSR count). The van der Waals surface area contributed by atoms with Crippen molar-refractivity contribution in [2.45, 2.75) is 18.4 Å². The number of amides is 1. The number of hydrogen-bond donors (Lipinski definition) is 1. The van der Waals surface area contributed by atoms with E-state index in [0.29, 0.717) is 5.02 Å². The lowest BCUT2D eigenvalue weighted by Crippen LogP contribution is -2.39. The standard InChI is InChI=1S/C27H24ClN3O3S/c1-20-9-11-21(12-10-20)18-31(35(33,34)25-15-13-24(28)14-16-25)19-27(32)30-29-17-23-7-4-6-22-5-2-3-8-26(22)23/h2-17H,18-19H2,1H3,(H,30,32)/b29-17-. The molecule has 0 bridgehead atoms. The monoisotopic (exact) mass is 505 g/mol. The number of aryl methyl sites for hydroxylation is 1. The van der Waals surface area contributed by atoms with Crippen molar-refractivity contribution in [2.24, 2.45) is 5.10 Å². The van der Waals surface area contributed by atoms with Gasteiger partial charge in [-0.1, -0.05) is 83.9 Å². The molecule has 0 saturated carbocycles. The molecule has 0 atom stereocenters. The summed E-state index contributed by atoms with van der Waals surface area (Å²) in [5.41, 5.74) is 5.12. The molecule has 0 radical (unpaired) electrons. The first-order valence-corrected chi connectivity index (χ1v) is 12.8. The maximum Gasteiger partial charge on any atom is 0.255 e. The van der Waals surface area contributed by atoms with Crippen LogP contribution in [0.2, 0.25) is 5.02 Å². The van der Waals surface area contributed by atoms with E-state index < -0.39 is 22.5 Å². The van der Waals surface area contributed by atoms with Gasteiger partial charge in [0.1, 0.15) is 0 Å². The first-order valence-electron chi connectivity index (χ1n) is 10.9. The maximum atomic E-state index is 13.4. The van der Waals surface area contributed by atoms with Crippen LogP contribution in [0.4, 0.5) is 0 Å². The number of nitrogens with zero attached hydrogens (tertiary/aromatic N) is 2. The van der Waals surface area contributed by atoms with Gasteiger partial charge in [-0.25, -0.2) is 13.8 Å².